The highest BCUT2D eigenvalue weighted by Gasteiger charge is 2.37. The van der Waals surface area contributed by atoms with Gasteiger partial charge in [0, 0.05) is 42.3 Å². The van der Waals surface area contributed by atoms with Crippen LogP contribution in [-0.2, 0) is 5.60 Å². The minimum atomic E-state index is -0.992. The Bertz CT molecular complexity index is 1380. The van der Waals surface area contributed by atoms with E-state index in [1.54, 1.807) is 30.3 Å². The number of aryl methyl sites for hydroxylation is 1. The van der Waals surface area contributed by atoms with Crippen LogP contribution in [0, 0.1) is 6.92 Å². The number of aliphatic hydroxyl groups is 1. The van der Waals surface area contributed by atoms with Gasteiger partial charge in [0.05, 0.1) is 24.1 Å². The smallest absolute Gasteiger partial charge is 0.272 e. The van der Waals surface area contributed by atoms with E-state index in [0.717, 1.165) is 33.6 Å². The summed E-state index contributed by atoms with van der Waals surface area (Å²) in [5.41, 5.74) is 2.79. The summed E-state index contributed by atoms with van der Waals surface area (Å²) in [6.07, 6.45) is 2.68. The second-order valence-corrected chi connectivity index (χ2v) is 9.33. The van der Waals surface area contributed by atoms with Crippen molar-refractivity contribution in [2.45, 2.75) is 25.4 Å². The molecule has 2 N–H and O–H groups in total. The van der Waals surface area contributed by atoms with Crippen LogP contribution in [0.4, 0.5) is 5.69 Å². The second kappa shape index (κ2) is 11.6. The number of fused-ring (bicyclic) bond motifs is 1. The number of pyridine rings is 2. The average molecular weight is 519 g/mol. The van der Waals surface area contributed by atoms with Gasteiger partial charge in [-0.1, -0.05) is 48.0 Å². The fraction of sp³-hybridized carbons (Fsp3) is 0.276. The Morgan fingerprint density at radius 3 is 2.46 bits per heavy atom. The number of aromatic nitrogens is 2. The Balaban J connectivity index is 0.000000222. The molecule has 0 atom stereocenters. The highest BCUT2D eigenvalue weighted by atomic mass is 35.5. The summed E-state index contributed by atoms with van der Waals surface area (Å²) in [5.74, 6) is 0.722. The molecular formula is C29H31ClN4O3. The SMILES string of the molecule is CNc1ccc(C(=O)N2CCC(O)(c3ccccc3Cl)CC2)nc1C.COc1cccc2cccnc12. The fourth-order valence-electron chi connectivity index (χ4n) is 4.53. The maximum Gasteiger partial charge on any atom is 0.272 e. The molecule has 7 nitrogen and oxygen atoms in total. The number of anilines is 1. The minimum Gasteiger partial charge on any atom is -0.494 e. The number of carbonyl (C=O) groups is 1. The van der Waals surface area contributed by atoms with Crippen LogP contribution >= 0.6 is 11.6 Å². The Kier molecular flexibility index (Phi) is 8.26. The van der Waals surface area contributed by atoms with E-state index in [0.29, 0.717) is 36.6 Å². The zero-order valence-corrected chi connectivity index (χ0v) is 22.0. The van der Waals surface area contributed by atoms with Crippen molar-refractivity contribution in [3.05, 3.63) is 94.9 Å². The monoisotopic (exact) mass is 518 g/mol. The largest absolute Gasteiger partial charge is 0.494 e. The average Bonchev–Trinajstić information content (AvgIpc) is 2.93. The maximum atomic E-state index is 12.7. The number of rotatable bonds is 4. The number of para-hydroxylation sites is 1. The van der Waals surface area contributed by atoms with Crippen molar-refractivity contribution >= 4 is 34.1 Å². The van der Waals surface area contributed by atoms with E-state index in [9.17, 15) is 9.90 Å². The molecule has 1 saturated heterocycles. The van der Waals surface area contributed by atoms with Crippen LogP contribution < -0.4 is 10.1 Å². The van der Waals surface area contributed by atoms with Crippen molar-refractivity contribution in [3.8, 4) is 5.75 Å². The number of ether oxygens (including phenoxy) is 1. The van der Waals surface area contributed by atoms with Crippen molar-refractivity contribution in [2.75, 3.05) is 32.6 Å². The first-order valence-corrected chi connectivity index (χ1v) is 12.5. The highest BCUT2D eigenvalue weighted by molar-refractivity contribution is 6.31. The number of amides is 1. The van der Waals surface area contributed by atoms with E-state index in [1.807, 2.05) is 68.6 Å². The molecule has 1 amide bonds. The topological polar surface area (TPSA) is 87.6 Å². The van der Waals surface area contributed by atoms with Gasteiger partial charge in [0.15, 0.2) is 0 Å². The predicted molar refractivity (Wildman–Crippen MR) is 147 cm³/mol. The first kappa shape index (κ1) is 26.4. The lowest BCUT2D eigenvalue weighted by atomic mass is 9.84. The Labute approximate surface area is 222 Å². The van der Waals surface area contributed by atoms with Gasteiger partial charge < -0.3 is 20.1 Å². The molecule has 192 valence electrons. The zero-order chi connectivity index (χ0) is 26.4. The first-order chi connectivity index (χ1) is 17.9. The van der Waals surface area contributed by atoms with Gasteiger partial charge in [-0.2, -0.15) is 0 Å². The summed E-state index contributed by atoms with van der Waals surface area (Å²) in [6.45, 7) is 2.80. The molecule has 3 heterocycles. The quantitative estimate of drug-likeness (QED) is 0.373. The summed E-state index contributed by atoms with van der Waals surface area (Å²) in [6, 6.07) is 20.8. The number of benzene rings is 2. The predicted octanol–water partition coefficient (Wildman–Crippen LogP) is 5.45. The molecular weight excluding hydrogens is 488 g/mol. The fourth-order valence-corrected chi connectivity index (χ4v) is 4.85. The van der Waals surface area contributed by atoms with Gasteiger partial charge in [-0.25, -0.2) is 4.98 Å². The van der Waals surface area contributed by atoms with Gasteiger partial charge in [0.25, 0.3) is 5.91 Å². The van der Waals surface area contributed by atoms with Gasteiger partial charge in [0.2, 0.25) is 0 Å². The van der Waals surface area contributed by atoms with Gasteiger partial charge >= 0.3 is 0 Å². The number of halogens is 1. The third kappa shape index (κ3) is 5.84. The molecule has 2 aromatic heterocycles. The Morgan fingerprint density at radius 2 is 1.78 bits per heavy atom. The van der Waals surface area contributed by atoms with E-state index >= 15 is 0 Å². The third-order valence-electron chi connectivity index (χ3n) is 6.64. The Hall–Kier alpha value is -3.68. The number of nitrogens with zero attached hydrogens (tertiary/aromatic N) is 3. The van der Waals surface area contributed by atoms with Crippen LogP contribution in [0.3, 0.4) is 0 Å². The highest BCUT2D eigenvalue weighted by Crippen LogP contribution is 2.37. The number of nitrogens with one attached hydrogen (secondary N) is 1. The van der Waals surface area contributed by atoms with Crippen LogP contribution in [-0.4, -0.2) is 53.1 Å². The molecule has 1 aliphatic rings. The molecule has 0 unspecified atom stereocenters. The lowest BCUT2D eigenvalue weighted by Crippen LogP contribution is -2.45. The molecule has 0 aliphatic carbocycles. The van der Waals surface area contributed by atoms with Crippen molar-refractivity contribution in [1.29, 1.82) is 0 Å². The molecule has 5 rings (SSSR count). The summed E-state index contributed by atoms with van der Waals surface area (Å²) >= 11 is 6.23. The lowest BCUT2D eigenvalue weighted by Gasteiger charge is -2.38. The lowest BCUT2D eigenvalue weighted by molar-refractivity contribution is -0.0211. The normalized spacial score (nSPS) is 14.5. The number of hydrogen-bond donors (Lipinski definition) is 2. The minimum absolute atomic E-state index is 0.105. The van der Waals surface area contributed by atoms with Gasteiger partial charge in [0.1, 0.15) is 17.0 Å². The molecule has 0 bridgehead atoms. The van der Waals surface area contributed by atoms with E-state index in [1.165, 1.54) is 0 Å². The molecule has 2 aromatic carbocycles. The zero-order valence-electron chi connectivity index (χ0n) is 21.2. The van der Waals surface area contributed by atoms with Crippen LogP contribution in [0.15, 0.2) is 72.9 Å². The third-order valence-corrected chi connectivity index (χ3v) is 6.97. The van der Waals surface area contributed by atoms with Crippen LogP contribution in [0.2, 0.25) is 5.02 Å². The number of hydrogen-bond acceptors (Lipinski definition) is 6. The van der Waals surface area contributed by atoms with Gasteiger partial charge in [-0.05, 0) is 50.1 Å². The molecule has 0 spiro atoms. The number of carbonyl (C=O) groups excluding carboxylic acids is 1. The number of likely N-dealkylation sites (tertiary alicyclic amines) is 1. The molecule has 0 saturated carbocycles. The standard InChI is InChI=1S/C19H22ClN3O2.C10H9NO/c1-13-16(21-2)7-8-17(22-13)18(24)23-11-9-19(25,10-12-23)14-5-3-4-6-15(14)20;1-12-9-6-2-4-8-5-3-7-11-10(8)9/h3-8,21,25H,9-12H2,1-2H3;2-7H,1H3. The van der Waals surface area contributed by atoms with Crippen molar-refractivity contribution in [3.63, 3.8) is 0 Å². The summed E-state index contributed by atoms with van der Waals surface area (Å²) in [4.78, 5) is 23.1. The van der Waals surface area contributed by atoms with Crippen LogP contribution in [0.1, 0.15) is 34.6 Å². The van der Waals surface area contributed by atoms with E-state index in [-0.39, 0.29) is 5.91 Å². The van der Waals surface area contributed by atoms with Crippen molar-refractivity contribution in [2.24, 2.45) is 0 Å². The Morgan fingerprint density at radius 1 is 1.05 bits per heavy atom. The summed E-state index contributed by atoms with van der Waals surface area (Å²) in [5, 5.41) is 15.7. The van der Waals surface area contributed by atoms with E-state index in [2.05, 4.69) is 15.3 Å². The molecule has 0 radical (unpaired) electrons. The number of methoxy groups -OCH3 is 1. The van der Waals surface area contributed by atoms with E-state index in [4.69, 9.17) is 16.3 Å². The summed E-state index contributed by atoms with van der Waals surface area (Å²) < 4.78 is 5.16. The molecule has 1 aliphatic heterocycles. The number of piperidine rings is 1. The van der Waals surface area contributed by atoms with Crippen molar-refractivity contribution in [1.82, 2.24) is 14.9 Å². The molecule has 37 heavy (non-hydrogen) atoms. The van der Waals surface area contributed by atoms with Crippen LogP contribution in [0.25, 0.3) is 10.9 Å². The van der Waals surface area contributed by atoms with Crippen LogP contribution in [0.5, 0.6) is 5.75 Å². The maximum absolute atomic E-state index is 12.7. The van der Waals surface area contributed by atoms with Gasteiger partial charge in [-0.3, -0.25) is 9.78 Å². The molecule has 8 heteroatoms. The van der Waals surface area contributed by atoms with Crippen molar-refractivity contribution < 1.29 is 14.6 Å². The van der Waals surface area contributed by atoms with E-state index < -0.39 is 5.60 Å². The molecule has 1 fully saturated rings. The second-order valence-electron chi connectivity index (χ2n) is 8.92. The molecule has 4 aromatic rings. The summed E-state index contributed by atoms with van der Waals surface area (Å²) in [7, 11) is 3.48. The first-order valence-electron chi connectivity index (χ1n) is 12.2. The van der Waals surface area contributed by atoms with Gasteiger partial charge in [-0.15, -0.1) is 0 Å².